The van der Waals surface area contributed by atoms with E-state index in [-0.39, 0.29) is 5.91 Å². The molecule has 1 aromatic heterocycles. The van der Waals surface area contributed by atoms with Crippen LogP contribution < -0.4 is 5.32 Å². The molecule has 1 amide bonds. The third kappa shape index (κ3) is 2.56. The topological polar surface area (TPSA) is 50.2 Å². The number of likely N-dealkylation sites (N-methyl/N-ethyl adjacent to an activating group) is 1. The number of carbonyl (C=O) groups is 1. The van der Waals surface area contributed by atoms with Crippen molar-refractivity contribution in [3.05, 3.63) is 18.2 Å². The number of carbonyl (C=O) groups excluding carboxylic acids is 1. The van der Waals surface area contributed by atoms with E-state index in [2.05, 4.69) is 10.3 Å². The first-order valence-corrected chi connectivity index (χ1v) is 4.53. The van der Waals surface area contributed by atoms with Gasteiger partial charge in [0.2, 0.25) is 0 Å². The van der Waals surface area contributed by atoms with E-state index in [1.807, 2.05) is 11.6 Å². The van der Waals surface area contributed by atoms with Gasteiger partial charge in [0.1, 0.15) is 5.69 Å². The predicted molar refractivity (Wildman–Crippen MR) is 54.2 cm³/mol. The largest absolute Gasteiger partial charge is 0.343 e. The van der Waals surface area contributed by atoms with Crippen LogP contribution in [0.1, 0.15) is 10.5 Å². The summed E-state index contributed by atoms with van der Waals surface area (Å²) in [5, 5.41) is 3.03. The van der Waals surface area contributed by atoms with Crippen molar-refractivity contribution < 1.29 is 4.79 Å². The highest BCUT2D eigenvalue weighted by molar-refractivity contribution is 5.91. The van der Waals surface area contributed by atoms with Crippen molar-refractivity contribution in [2.24, 2.45) is 0 Å². The highest BCUT2D eigenvalue weighted by atomic mass is 16.2. The summed E-state index contributed by atoms with van der Waals surface area (Å²) in [6, 6.07) is 0. The molecule has 5 nitrogen and oxygen atoms in total. The summed E-state index contributed by atoms with van der Waals surface area (Å²) in [4.78, 5) is 17.0. The molecule has 0 aliphatic carbocycles. The lowest BCUT2D eigenvalue weighted by molar-refractivity contribution is 0.0822. The first kappa shape index (κ1) is 10.7. The number of nitrogens with one attached hydrogen (secondary N) is 1. The van der Waals surface area contributed by atoms with Gasteiger partial charge in [-0.05, 0) is 7.05 Å². The van der Waals surface area contributed by atoms with Crippen LogP contribution >= 0.6 is 0 Å². The number of rotatable bonds is 4. The lowest BCUT2D eigenvalue weighted by Gasteiger charge is -2.06. The second kappa shape index (κ2) is 4.76. The SMILES string of the molecule is CNCCn1cnc(C(=O)N(C)C)c1. The molecule has 1 heterocycles. The van der Waals surface area contributed by atoms with Gasteiger partial charge in [-0.3, -0.25) is 4.79 Å². The lowest BCUT2D eigenvalue weighted by Crippen LogP contribution is -2.22. The molecule has 0 aromatic carbocycles. The van der Waals surface area contributed by atoms with Crippen LogP contribution in [-0.2, 0) is 6.54 Å². The number of hydrogen-bond acceptors (Lipinski definition) is 3. The molecule has 0 saturated carbocycles. The third-order valence-electron chi connectivity index (χ3n) is 1.88. The van der Waals surface area contributed by atoms with E-state index in [9.17, 15) is 4.79 Å². The smallest absolute Gasteiger partial charge is 0.273 e. The van der Waals surface area contributed by atoms with Gasteiger partial charge in [-0.1, -0.05) is 0 Å². The zero-order valence-electron chi connectivity index (χ0n) is 8.82. The molecule has 0 bridgehead atoms. The van der Waals surface area contributed by atoms with Crippen molar-refractivity contribution in [2.45, 2.75) is 6.54 Å². The number of aromatic nitrogens is 2. The van der Waals surface area contributed by atoms with Gasteiger partial charge >= 0.3 is 0 Å². The summed E-state index contributed by atoms with van der Waals surface area (Å²) in [6.07, 6.45) is 3.44. The van der Waals surface area contributed by atoms with Gasteiger partial charge < -0.3 is 14.8 Å². The Morgan fingerprint density at radius 2 is 2.36 bits per heavy atom. The summed E-state index contributed by atoms with van der Waals surface area (Å²) in [6.45, 7) is 1.69. The van der Waals surface area contributed by atoms with E-state index in [4.69, 9.17) is 0 Å². The Kier molecular flexibility index (Phi) is 3.64. The Balaban J connectivity index is 2.63. The number of imidazole rings is 1. The van der Waals surface area contributed by atoms with Gasteiger partial charge in [-0.2, -0.15) is 0 Å². The van der Waals surface area contributed by atoms with Crippen LogP contribution in [0.5, 0.6) is 0 Å². The molecular formula is C9H16N4O. The molecule has 5 heteroatoms. The van der Waals surface area contributed by atoms with Gasteiger partial charge in [0, 0.05) is 33.4 Å². The fourth-order valence-electron chi connectivity index (χ4n) is 1.06. The molecule has 1 N–H and O–H groups in total. The lowest BCUT2D eigenvalue weighted by atomic mass is 10.4. The Morgan fingerprint density at radius 3 is 2.93 bits per heavy atom. The molecule has 0 saturated heterocycles. The van der Waals surface area contributed by atoms with Crippen molar-refractivity contribution in [2.75, 3.05) is 27.7 Å². The van der Waals surface area contributed by atoms with Crippen molar-refractivity contribution in [3.8, 4) is 0 Å². The van der Waals surface area contributed by atoms with Crippen molar-refractivity contribution >= 4 is 5.91 Å². The molecular weight excluding hydrogens is 180 g/mol. The van der Waals surface area contributed by atoms with Crippen LogP contribution in [0.15, 0.2) is 12.5 Å². The Hall–Kier alpha value is -1.36. The molecule has 0 aliphatic heterocycles. The zero-order chi connectivity index (χ0) is 10.6. The highest BCUT2D eigenvalue weighted by Crippen LogP contribution is 1.98. The summed E-state index contributed by atoms with van der Waals surface area (Å²) in [7, 11) is 5.33. The maximum atomic E-state index is 11.5. The molecule has 14 heavy (non-hydrogen) atoms. The molecule has 0 unspecified atom stereocenters. The number of nitrogens with zero attached hydrogens (tertiary/aromatic N) is 3. The molecule has 0 atom stereocenters. The molecule has 1 rings (SSSR count). The van der Waals surface area contributed by atoms with Gasteiger partial charge in [-0.15, -0.1) is 0 Å². The Labute approximate surface area is 83.7 Å². The molecule has 0 spiro atoms. The molecule has 1 aromatic rings. The third-order valence-corrected chi connectivity index (χ3v) is 1.88. The van der Waals surface area contributed by atoms with Crippen LogP contribution in [-0.4, -0.2) is 48.0 Å². The average Bonchev–Trinajstić information content (AvgIpc) is 2.61. The first-order chi connectivity index (χ1) is 6.65. The van der Waals surface area contributed by atoms with Crippen LogP contribution in [0, 0.1) is 0 Å². The standard InChI is InChI=1S/C9H16N4O/c1-10-4-5-13-6-8(11-7-13)9(14)12(2)3/h6-7,10H,4-5H2,1-3H3. The molecule has 0 radical (unpaired) electrons. The van der Waals surface area contributed by atoms with Crippen LogP contribution in [0.4, 0.5) is 0 Å². The highest BCUT2D eigenvalue weighted by Gasteiger charge is 2.10. The maximum absolute atomic E-state index is 11.5. The normalized spacial score (nSPS) is 10.2. The fraction of sp³-hybridized carbons (Fsp3) is 0.556. The predicted octanol–water partition coefficient (Wildman–Crippen LogP) is -0.196. The first-order valence-electron chi connectivity index (χ1n) is 4.53. The van der Waals surface area contributed by atoms with Crippen LogP contribution in [0.3, 0.4) is 0 Å². The van der Waals surface area contributed by atoms with Crippen molar-refractivity contribution in [1.29, 1.82) is 0 Å². The zero-order valence-corrected chi connectivity index (χ0v) is 8.82. The minimum atomic E-state index is -0.0618. The quantitative estimate of drug-likeness (QED) is 0.726. The van der Waals surface area contributed by atoms with Crippen molar-refractivity contribution in [3.63, 3.8) is 0 Å². The molecule has 78 valence electrons. The van der Waals surface area contributed by atoms with E-state index in [1.54, 1.807) is 26.6 Å². The fourth-order valence-corrected chi connectivity index (χ4v) is 1.06. The van der Waals surface area contributed by atoms with Gasteiger partial charge in [0.25, 0.3) is 5.91 Å². The monoisotopic (exact) mass is 196 g/mol. The summed E-state index contributed by atoms with van der Waals surface area (Å²) in [5.41, 5.74) is 0.492. The van der Waals surface area contributed by atoms with Crippen LogP contribution in [0.2, 0.25) is 0 Å². The Bertz CT molecular complexity index is 306. The second-order valence-electron chi connectivity index (χ2n) is 3.30. The maximum Gasteiger partial charge on any atom is 0.273 e. The van der Waals surface area contributed by atoms with E-state index < -0.39 is 0 Å². The minimum Gasteiger partial charge on any atom is -0.343 e. The van der Waals surface area contributed by atoms with E-state index in [1.165, 1.54) is 4.90 Å². The number of amides is 1. The summed E-state index contributed by atoms with van der Waals surface area (Å²) in [5.74, 6) is -0.0618. The van der Waals surface area contributed by atoms with Gasteiger partial charge in [-0.25, -0.2) is 4.98 Å². The summed E-state index contributed by atoms with van der Waals surface area (Å²) < 4.78 is 1.90. The van der Waals surface area contributed by atoms with E-state index >= 15 is 0 Å². The van der Waals surface area contributed by atoms with Gasteiger partial charge in [0.05, 0.1) is 6.33 Å². The number of hydrogen-bond donors (Lipinski definition) is 1. The molecule has 0 fully saturated rings. The average molecular weight is 196 g/mol. The van der Waals surface area contributed by atoms with Crippen LogP contribution in [0.25, 0.3) is 0 Å². The van der Waals surface area contributed by atoms with Gasteiger partial charge in [0.15, 0.2) is 0 Å². The Morgan fingerprint density at radius 1 is 1.64 bits per heavy atom. The summed E-state index contributed by atoms with van der Waals surface area (Å²) >= 11 is 0. The molecule has 0 aliphatic rings. The van der Waals surface area contributed by atoms with E-state index in [0.717, 1.165) is 13.1 Å². The van der Waals surface area contributed by atoms with Crippen molar-refractivity contribution in [1.82, 2.24) is 19.8 Å². The van der Waals surface area contributed by atoms with E-state index in [0.29, 0.717) is 5.69 Å². The second-order valence-corrected chi connectivity index (χ2v) is 3.30. The minimum absolute atomic E-state index is 0.0618.